The minimum atomic E-state index is -5.70. The number of rotatable bonds is 2. The van der Waals surface area contributed by atoms with Crippen molar-refractivity contribution in [2.45, 2.75) is 33.1 Å². The second-order valence-corrected chi connectivity index (χ2v) is 4.74. The van der Waals surface area contributed by atoms with Crippen molar-refractivity contribution in [3.8, 4) is 0 Å². The summed E-state index contributed by atoms with van der Waals surface area (Å²) in [5, 5.41) is 1.69. The van der Waals surface area contributed by atoms with Gasteiger partial charge in [-0.25, -0.2) is 0 Å². The van der Waals surface area contributed by atoms with Crippen molar-refractivity contribution in [2.75, 3.05) is 5.32 Å². The molecule has 21 heavy (non-hydrogen) atoms. The first-order chi connectivity index (χ1) is 9.34. The van der Waals surface area contributed by atoms with Crippen LogP contribution >= 0.6 is 0 Å². The molecule has 118 valence electrons. The summed E-state index contributed by atoms with van der Waals surface area (Å²) in [5.74, 6) is -6.19. The number of carbonyl (C=O) groups excluding carboxylic acids is 1. The van der Waals surface area contributed by atoms with Crippen LogP contribution in [-0.2, 0) is 4.79 Å². The van der Waals surface area contributed by atoms with Gasteiger partial charge in [-0.2, -0.15) is 26.3 Å². The lowest BCUT2D eigenvalue weighted by molar-refractivity contribution is -0.272. The summed E-state index contributed by atoms with van der Waals surface area (Å²) in [5.41, 5.74) is 2.05. The Morgan fingerprint density at radius 2 is 1.33 bits per heavy atom. The molecule has 0 atom stereocenters. The SMILES string of the molecule is Cc1cc(NC(=O)C(C(F)(F)F)C(F)(F)F)cc(C)c1C. The predicted molar refractivity (Wildman–Crippen MR) is 64.9 cm³/mol. The van der Waals surface area contributed by atoms with Crippen LogP contribution in [0.5, 0.6) is 0 Å². The van der Waals surface area contributed by atoms with Gasteiger partial charge in [0, 0.05) is 5.69 Å². The quantitative estimate of drug-likeness (QED) is 0.811. The van der Waals surface area contributed by atoms with Crippen molar-refractivity contribution < 1.29 is 31.1 Å². The van der Waals surface area contributed by atoms with Crippen LogP contribution in [0.1, 0.15) is 16.7 Å². The van der Waals surface area contributed by atoms with Gasteiger partial charge < -0.3 is 5.32 Å². The maximum absolute atomic E-state index is 12.4. The number of hydrogen-bond acceptors (Lipinski definition) is 1. The van der Waals surface area contributed by atoms with Crippen molar-refractivity contribution >= 4 is 11.6 Å². The van der Waals surface area contributed by atoms with Gasteiger partial charge >= 0.3 is 12.4 Å². The van der Waals surface area contributed by atoms with E-state index in [1.54, 1.807) is 26.1 Å². The van der Waals surface area contributed by atoms with E-state index in [1.807, 2.05) is 0 Å². The molecule has 0 saturated heterocycles. The second kappa shape index (κ2) is 5.57. The summed E-state index contributed by atoms with van der Waals surface area (Å²) in [6.45, 7) is 5.04. The van der Waals surface area contributed by atoms with E-state index in [2.05, 4.69) is 0 Å². The smallest absolute Gasteiger partial charge is 0.325 e. The molecular weight excluding hydrogens is 300 g/mol. The third kappa shape index (κ3) is 4.12. The highest BCUT2D eigenvalue weighted by atomic mass is 19.4. The summed E-state index contributed by atoms with van der Waals surface area (Å²) in [7, 11) is 0. The fourth-order valence-corrected chi connectivity index (χ4v) is 1.81. The number of halogens is 6. The highest BCUT2D eigenvalue weighted by molar-refractivity contribution is 5.93. The van der Waals surface area contributed by atoms with Gasteiger partial charge in [0.15, 0.2) is 0 Å². The van der Waals surface area contributed by atoms with Gasteiger partial charge in [0.25, 0.3) is 0 Å². The molecular formula is C13H13F6NO. The van der Waals surface area contributed by atoms with Crippen LogP contribution in [-0.4, -0.2) is 18.3 Å². The third-order valence-electron chi connectivity index (χ3n) is 3.11. The molecule has 1 rings (SSSR count). The first-order valence-corrected chi connectivity index (χ1v) is 5.86. The molecule has 1 amide bonds. The molecule has 0 aromatic heterocycles. The molecule has 0 fully saturated rings. The Kier molecular flexibility index (Phi) is 4.60. The van der Waals surface area contributed by atoms with Crippen molar-refractivity contribution in [1.29, 1.82) is 0 Å². The Labute approximate surface area is 117 Å². The van der Waals surface area contributed by atoms with Crippen molar-refractivity contribution in [3.63, 3.8) is 0 Å². The first kappa shape index (κ1) is 17.3. The van der Waals surface area contributed by atoms with Crippen LogP contribution in [0, 0.1) is 26.7 Å². The lowest BCUT2D eigenvalue weighted by Gasteiger charge is -2.22. The lowest BCUT2D eigenvalue weighted by Crippen LogP contribution is -2.45. The highest BCUT2D eigenvalue weighted by Crippen LogP contribution is 2.40. The normalized spacial score (nSPS) is 12.7. The molecule has 0 aliphatic heterocycles. The number of benzene rings is 1. The van der Waals surface area contributed by atoms with Gasteiger partial charge in [-0.05, 0) is 49.6 Å². The molecule has 1 aromatic rings. The standard InChI is InChI=1S/C13H13F6NO/c1-6-4-9(5-7(2)8(6)3)20-11(21)10(12(14,15)16)13(17,18)19/h4-5,10H,1-3H3,(H,20,21). The summed E-state index contributed by atoms with van der Waals surface area (Å²) < 4.78 is 74.5. The molecule has 0 radical (unpaired) electrons. The van der Waals surface area contributed by atoms with E-state index in [0.717, 1.165) is 5.56 Å². The maximum atomic E-state index is 12.4. The van der Waals surface area contributed by atoms with Crippen molar-refractivity contribution in [1.82, 2.24) is 0 Å². The number of hydrogen-bond donors (Lipinski definition) is 1. The largest absolute Gasteiger partial charge is 0.409 e. The Bertz CT molecular complexity index is 510. The predicted octanol–water partition coefficient (Wildman–Crippen LogP) is 4.29. The zero-order valence-electron chi connectivity index (χ0n) is 11.4. The molecule has 0 heterocycles. The second-order valence-electron chi connectivity index (χ2n) is 4.74. The number of anilines is 1. The van der Waals surface area contributed by atoms with E-state index in [1.165, 1.54) is 12.1 Å². The van der Waals surface area contributed by atoms with E-state index in [4.69, 9.17) is 0 Å². The Morgan fingerprint density at radius 3 is 1.67 bits per heavy atom. The molecule has 8 heteroatoms. The average Bonchev–Trinajstić information content (AvgIpc) is 2.21. The van der Waals surface area contributed by atoms with Gasteiger partial charge in [0.1, 0.15) is 0 Å². The van der Waals surface area contributed by atoms with Crippen LogP contribution in [0.15, 0.2) is 12.1 Å². The van der Waals surface area contributed by atoms with Crippen LogP contribution in [0.2, 0.25) is 0 Å². The molecule has 1 N–H and O–H groups in total. The average molecular weight is 313 g/mol. The fraction of sp³-hybridized carbons (Fsp3) is 0.462. The van der Waals surface area contributed by atoms with Crippen LogP contribution in [0.25, 0.3) is 0 Å². The number of amides is 1. The Balaban J connectivity index is 3.09. The third-order valence-corrected chi connectivity index (χ3v) is 3.11. The summed E-state index contributed by atoms with van der Waals surface area (Å²) in [6, 6.07) is 2.65. The van der Waals surface area contributed by atoms with E-state index in [0.29, 0.717) is 11.1 Å². The first-order valence-electron chi connectivity index (χ1n) is 5.86. The molecule has 1 aromatic carbocycles. The van der Waals surface area contributed by atoms with Gasteiger partial charge in [0.2, 0.25) is 11.8 Å². The molecule has 0 aliphatic carbocycles. The molecule has 0 spiro atoms. The van der Waals surface area contributed by atoms with Crippen molar-refractivity contribution in [2.24, 2.45) is 5.92 Å². The topological polar surface area (TPSA) is 29.1 Å². The minimum absolute atomic E-state index is 0.0981. The number of nitrogens with one attached hydrogen (secondary N) is 1. The summed E-state index contributed by atoms with van der Waals surface area (Å²) in [4.78, 5) is 11.4. The van der Waals surface area contributed by atoms with Gasteiger partial charge in [-0.3, -0.25) is 4.79 Å². The van der Waals surface area contributed by atoms with Gasteiger partial charge in [-0.1, -0.05) is 0 Å². The zero-order valence-corrected chi connectivity index (χ0v) is 11.4. The Hall–Kier alpha value is -1.73. The van der Waals surface area contributed by atoms with Crippen LogP contribution in [0.3, 0.4) is 0 Å². The summed E-state index contributed by atoms with van der Waals surface area (Å²) >= 11 is 0. The van der Waals surface area contributed by atoms with Crippen molar-refractivity contribution in [3.05, 3.63) is 28.8 Å². The van der Waals surface area contributed by atoms with E-state index < -0.39 is 24.2 Å². The molecule has 2 nitrogen and oxygen atoms in total. The molecule has 0 unspecified atom stereocenters. The van der Waals surface area contributed by atoms with E-state index >= 15 is 0 Å². The Morgan fingerprint density at radius 1 is 0.952 bits per heavy atom. The number of carbonyl (C=O) groups is 1. The fourth-order valence-electron chi connectivity index (χ4n) is 1.81. The molecule has 0 saturated carbocycles. The van der Waals surface area contributed by atoms with Crippen LogP contribution < -0.4 is 5.32 Å². The number of aryl methyl sites for hydroxylation is 2. The maximum Gasteiger partial charge on any atom is 0.409 e. The molecule has 0 bridgehead atoms. The van der Waals surface area contributed by atoms with Crippen LogP contribution in [0.4, 0.5) is 32.0 Å². The monoisotopic (exact) mass is 313 g/mol. The van der Waals surface area contributed by atoms with Gasteiger partial charge in [-0.15, -0.1) is 0 Å². The number of alkyl halides is 6. The van der Waals surface area contributed by atoms with Gasteiger partial charge in [0.05, 0.1) is 0 Å². The zero-order chi connectivity index (χ0) is 16.6. The van der Waals surface area contributed by atoms with E-state index in [-0.39, 0.29) is 5.69 Å². The highest BCUT2D eigenvalue weighted by Gasteiger charge is 2.61. The summed E-state index contributed by atoms with van der Waals surface area (Å²) in [6.07, 6.45) is -11.4. The lowest BCUT2D eigenvalue weighted by atomic mass is 10.0. The molecule has 0 aliphatic rings. The minimum Gasteiger partial charge on any atom is -0.325 e. The van der Waals surface area contributed by atoms with E-state index in [9.17, 15) is 31.1 Å².